The topological polar surface area (TPSA) is 77.1 Å². The summed E-state index contributed by atoms with van der Waals surface area (Å²) in [6.45, 7) is 4.76. The summed E-state index contributed by atoms with van der Waals surface area (Å²) < 4.78 is 16.6. The third-order valence-electron chi connectivity index (χ3n) is 5.32. The normalized spacial score (nSPS) is 13.5. The van der Waals surface area contributed by atoms with Gasteiger partial charge in [-0.15, -0.1) is 0 Å². The maximum Gasteiger partial charge on any atom is 0.260 e. The van der Waals surface area contributed by atoms with Crippen LogP contribution in [0.4, 0.5) is 0 Å². The van der Waals surface area contributed by atoms with E-state index in [0.29, 0.717) is 36.8 Å². The molecule has 1 aliphatic rings. The van der Waals surface area contributed by atoms with Gasteiger partial charge in [0.25, 0.3) is 11.8 Å². The first-order valence-electron chi connectivity index (χ1n) is 11.1. The third-order valence-corrected chi connectivity index (χ3v) is 5.32. The molecule has 1 heterocycles. The quantitative estimate of drug-likeness (QED) is 0.611. The molecule has 1 saturated heterocycles. The standard InChI is InChI=1S/C25H32N2O5/c1-3-31-23-15-21(25(29)26-16-19-8-7-9-20(14-19)17-30-2)10-11-22(23)32-18-24(28)27-12-5-4-6-13-27/h7-11,14-15H,3-6,12-13,16-18H2,1-2H3,(H,26,29). The van der Waals surface area contributed by atoms with Crippen LogP contribution in [0.3, 0.4) is 0 Å². The van der Waals surface area contributed by atoms with Crippen LogP contribution < -0.4 is 14.8 Å². The fraction of sp³-hybridized carbons (Fsp3) is 0.440. The summed E-state index contributed by atoms with van der Waals surface area (Å²) in [4.78, 5) is 26.9. The van der Waals surface area contributed by atoms with Gasteiger partial charge in [0.15, 0.2) is 18.1 Å². The van der Waals surface area contributed by atoms with Crippen molar-refractivity contribution in [3.05, 3.63) is 59.2 Å². The van der Waals surface area contributed by atoms with Crippen LogP contribution in [0.25, 0.3) is 0 Å². The molecule has 2 amide bonds. The highest BCUT2D eigenvalue weighted by Crippen LogP contribution is 2.29. The van der Waals surface area contributed by atoms with E-state index >= 15 is 0 Å². The highest BCUT2D eigenvalue weighted by Gasteiger charge is 2.18. The number of rotatable bonds is 10. The number of nitrogens with zero attached hydrogens (tertiary/aromatic N) is 1. The van der Waals surface area contributed by atoms with Crippen LogP contribution in [0.1, 0.15) is 47.7 Å². The SMILES string of the molecule is CCOc1cc(C(=O)NCc2cccc(COC)c2)ccc1OCC(=O)N1CCCCC1. The molecule has 0 unspecified atom stereocenters. The molecule has 7 nitrogen and oxygen atoms in total. The Morgan fingerprint density at radius 1 is 0.969 bits per heavy atom. The number of likely N-dealkylation sites (tertiary alicyclic amines) is 1. The molecule has 0 bridgehead atoms. The molecule has 0 saturated carbocycles. The zero-order valence-corrected chi connectivity index (χ0v) is 18.9. The van der Waals surface area contributed by atoms with Crippen molar-refractivity contribution in [2.75, 3.05) is 33.4 Å². The molecule has 3 rings (SSSR count). The minimum atomic E-state index is -0.209. The summed E-state index contributed by atoms with van der Waals surface area (Å²) in [6, 6.07) is 12.9. The molecule has 172 valence electrons. The Hall–Kier alpha value is -3.06. The van der Waals surface area contributed by atoms with Gasteiger partial charge in [-0.1, -0.05) is 24.3 Å². The average molecular weight is 441 g/mol. The van der Waals surface area contributed by atoms with Crippen LogP contribution in [0.2, 0.25) is 0 Å². The van der Waals surface area contributed by atoms with E-state index in [2.05, 4.69) is 5.32 Å². The molecular weight excluding hydrogens is 408 g/mol. The van der Waals surface area contributed by atoms with Gasteiger partial charge in [0.1, 0.15) is 0 Å². The smallest absolute Gasteiger partial charge is 0.260 e. The number of hydrogen-bond acceptors (Lipinski definition) is 5. The van der Waals surface area contributed by atoms with Crippen LogP contribution >= 0.6 is 0 Å². The van der Waals surface area contributed by atoms with Crippen molar-refractivity contribution in [2.24, 2.45) is 0 Å². The fourth-order valence-corrected chi connectivity index (χ4v) is 3.69. The monoisotopic (exact) mass is 440 g/mol. The summed E-state index contributed by atoms with van der Waals surface area (Å²) in [5.74, 6) is 0.679. The molecule has 1 N–H and O–H groups in total. The lowest BCUT2D eigenvalue weighted by molar-refractivity contribution is -0.134. The predicted octanol–water partition coefficient (Wildman–Crippen LogP) is 3.55. The average Bonchev–Trinajstić information content (AvgIpc) is 2.82. The Morgan fingerprint density at radius 3 is 2.50 bits per heavy atom. The second kappa shape index (κ2) is 12.1. The molecular formula is C25H32N2O5. The van der Waals surface area contributed by atoms with E-state index in [1.807, 2.05) is 36.1 Å². The van der Waals surface area contributed by atoms with Crippen molar-refractivity contribution in [3.8, 4) is 11.5 Å². The first-order chi connectivity index (χ1) is 15.6. The fourth-order valence-electron chi connectivity index (χ4n) is 3.69. The molecule has 1 aliphatic heterocycles. The van der Waals surface area contributed by atoms with Crippen molar-refractivity contribution >= 4 is 11.8 Å². The van der Waals surface area contributed by atoms with Crippen molar-refractivity contribution in [1.82, 2.24) is 10.2 Å². The highest BCUT2D eigenvalue weighted by molar-refractivity contribution is 5.94. The Balaban J connectivity index is 1.60. The Kier molecular flexibility index (Phi) is 8.92. The van der Waals surface area contributed by atoms with E-state index in [1.165, 1.54) is 6.42 Å². The predicted molar refractivity (Wildman–Crippen MR) is 122 cm³/mol. The number of carbonyl (C=O) groups excluding carboxylic acids is 2. The number of hydrogen-bond donors (Lipinski definition) is 1. The molecule has 0 aromatic heterocycles. The molecule has 2 aromatic rings. The minimum absolute atomic E-state index is 0.0235. The second-order valence-corrected chi connectivity index (χ2v) is 7.76. The van der Waals surface area contributed by atoms with Gasteiger partial charge in [-0.2, -0.15) is 0 Å². The van der Waals surface area contributed by atoms with E-state index in [9.17, 15) is 9.59 Å². The van der Waals surface area contributed by atoms with Gasteiger partial charge in [-0.05, 0) is 55.5 Å². The molecule has 7 heteroatoms. The Bertz CT molecular complexity index is 909. The molecule has 0 atom stereocenters. The summed E-state index contributed by atoms with van der Waals surface area (Å²) in [5, 5.41) is 2.93. The first-order valence-corrected chi connectivity index (χ1v) is 11.1. The summed E-state index contributed by atoms with van der Waals surface area (Å²) >= 11 is 0. The van der Waals surface area contributed by atoms with Gasteiger partial charge in [0, 0.05) is 32.3 Å². The zero-order valence-electron chi connectivity index (χ0n) is 18.9. The van der Waals surface area contributed by atoms with Crippen LogP contribution in [0.5, 0.6) is 11.5 Å². The van der Waals surface area contributed by atoms with Crippen LogP contribution in [0.15, 0.2) is 42.5 Å². The zero-order chi connectivity index (χ0) is 22.8. The van der Waals surface area contributed by atoms with Crippen LogP contribution in [-0.2, 0) is 22.7 Å². The van der Waals surface area contributed by atoms with E-state index in [4.69, 9.17) is 14.2 Å². The van der Waals surface area contributed by atoms with Crippen LogP contribution in [-0.4, -0.2) is 50.1 Å². The maximum absolute atomic E-state index is 12.7. The Labute approximate surface area is 189 Å². The number of carbonyl (C=O) groups is 2. The van der Waals surface area contributed by atoms with Gasteiger partial charge >= 0.3 is 0 Å². The van der Waals surface area contributed by atoms with Crippen molar-refractivity contribution in [2.45, 2.75) is 39.3 Å². The summed E-state index contributed by atoms with van der Waals surface area (Å²) in [6.07, 6.45) is 3.24. The highest BCUT2D eigenvalue weighted by atomic mass is 16.5. The van der Waals surface area contributed by atoms with Crippen molar-refractivity contribution < 1.29 is 23.8 Å². The number of benzene rings is 2. The molecule has 0 radical (unpaired) electrons. The van der Waals surface area contributed by atoms with E-state index in [-0.39, 0.29) is 18.4 Å². The van der Waals surface area contributed by atoms with Crippen molar-refractivity contribution in [3.63, 3.8) is 0 Å². The van der Waals surface area contributed by atoms with Gasteiger partial charge in [-0.3, -0.25) is 9.59 Å². The molecule has 0 spiro atoms. The van der Waals surface area contributed by atoms with Crippen molar-refractivity contribution in [1.29, 1.82) is 0 Å². The van der Waals surface area contributed by atoms with E-state index in [0.717, 1.165) is 37.1 Å². The molecule has 32 heavy (non-hydrogen) atoms. The number of methoxy groups -OCH3 is 1. The third kappa shape index (κ3) is 6.72. The van der Waals surface area contributed by atoms with Gasteiger partial charge in [-0.25, -0.2) is 0 Å². The van der Waals surface area contributed by atoms with Gasteiger partial charge in [0.05, 0.1) is 13.2 Å². The van der Waals surface area contributed by atoms with E-state index in [1.54, 1.807) is 25.3 Å². The van der Waals surface area contributed by atoms with Crippen LogP contribution in [0, 0.1) is 0 Å². The lowest BCUT2D eigenvalue weighted by Gasteiger charge is -2.26. The lowest BCUT2D eigenvalue weighted by Crippen LogP contribution is -2.38. The molecule has 2 aromatic carbocycles. The molecule has 0 aliphatic carbocycles. The largest absolute Gasteiger partial charge is 0.490 e. The summed E-state index contributed by atoms with van der Waals surface area (Å²) in [7, 11) is 1.65. The number of ether oxygens (including phenoxy) is 3. The number of amides is 2. The number of nitrogens with one attached hydrogen (secondary N) is 1. The minimum Gasteiger partial charge on any atom is -0.490 e. The van der Waals surface area contributed by atoms with E-state index < -0.39 is 0 Å². The van der Waals surface area contributed by atoms with Gasteiger partial charge < -0.3 is 24.4 Å². The van der Waals surface area contributed by atoms with Gasteiger partial charge in [0.2, 0.25) is 0 Å². The lowest BCUT2D eigenvalue weighted by atomic mass is 10.1. The maximum atomic E-state index is 12.7. The molecule has 1 fully saturated rings. The first kappa shape index (κ1) is 23.6. The number of piperidine rings is 1. The summed E-state index contributed by atoms with van der Waals surface area (Å²) in [5.41, 5.74) is 2.52. The second-order valence-electron chi connectivity index (χ2n) is 7.76. The Morgan fingerprint density at radius 2 is 1.75 bits per heavy atom.